The van der Waals surface area contributed by atoms with Crippen molar-refractivity contribution in [1.29, 1.82) is 0 Å². The van der Waals surface area contributed by atoms with E-state index in [2.05, 4.69) is 16.8 Å². The molecule has 0 aromatic carbocycles. The van der Waals surface area contributed by atoms with Crippen LogP contribution in [-0.4, -0.2) is 5.91 Å². The fourth-order valence-corrected chi connectivity index (χ4v) is 1.44. The third kappa shape index (κ3) is 1.44. The van der Waals surface area contributed by atoms with Gasteiger partial charge in [-0.15, -0.1) is 12.6 Å². The van der Waals surface area contributed by atoms with Crippen molar-refractivity contribution >= 4 is 26.5 Å². The molecular formula is C5H4NOPS. The highest BCUT2D eigenvalue weighted by atomic mass is 32.1. The fraction of sp³-hybridized carbons (Fsp3) is 0. The molecule has 0 spiro atoms. The van der Waals surface area contributed by atoms with Crippen LogP contribution in [0.5, 0.6) is 0 Å². The van der Waals surface area contributed by atoms with Crippen LogP contribution in [0.4, 0.5) is 0 Å². The first-order valence-corrected chi connectivity index (χ1v) is 3.80. The summed E-state index contributed by atoms with van der Waals surface area (Å²) < 4.78 is 3.11. The first kappa shape index (κ1) is 6.59. The summed E-state index contributed by atoms with van der Waals surface area (Å²) in [5, 5.41) is 0.713. The molecule has 0 radical (unpaired) electrons. The summed E-state index contributed by atoms with van der Waals surface area (Å²) in [5.74, 6) is 1.65. The molecule has 0 aliphatic carbocycles. The normalized spacial score (nSPS) is 9.78. The molecule has 46 valence electrons. The summed E-state index contributed by atoms with van der Waals surface area (Å²) in [6.07, 6.45) is 0. The minimum atomic E-state index is -0.270. The van der Waals surface area contributed by atoms with E-state index in [0.29, 0.717) is 13.5 Å². The molecule has 4 heteroatoms. The van der Waals surface area contributed by atoms with Crippen molar-refractivity contribution in [3.8, 4) is 0 Å². The molecule has 0 saturated heterocycles. The van der Waals surface area contributed by atoms with Gasteiger partial charge in [-0.1, -0.05) is 6.07 Å². The van der Waals surface area contributed by atoms with E-state index < -0.39 is 0 Å². The zero-order valence-corrected chi connectivity index (χ0v) is 6.31. The Morgan fingerprint density at radius 3 is 3.00 bits per heavy atom. The Hall–Kier alpha value is -0.530. The molecular weight excluding hydrogens is 153 g/mol. The summed E-state index contributed by atoms with van der Waals surface area (Å²) in [5.41, 5.74) is 0. The van der Waals surface area contributed by atoms with Gasteiger partial charge in [-0.05, 0) is 11.9 Å². The van der Waals surface area contributed by atoms with Gasteiger partial charge in [0.15, 0.2) is 0 Å². The van der Waals surface area contributed by atoms with E-state index in [1.54, 1.807) is 6.07 Å². The minimum Gasteiger partial charge on any atom is -0.265 e. The van der Waals surface area contributed by atoms with Crippen LogP contribution in [0.3, 0.4) is 0 Å². The molecule has 9 heavy (non-hydrogen) atoms. The lowest BCUT2D eigenvalue weighted by atomic mass is 10.5. The molecule has 1 amide bonds. The minimum absolute atomic E-state index is 0.270. The van der Waals surface area contributed by atoms with Gasteiger partial charge in [0, 0.05) is 12.4 Å². The molecule has 2 nitrogen and oxygen atoms in total. The van der Waals surface area contributed by atoms with Crippen LogP contribution in [-0.2, 0) is 12.4 Å². The van der Waals surface area contributed by atoms with E-state index in [1.807, 2.05) is 11.9 Å². The Morgan fingerprint density at radius 2 is 2.56 bits per heavy atom. The summed E-state index contributed by atoms with van der Waals surface area (Å²) in [7, 11) is 0.457. The molecule has 1 rings (SSSR count). The number of hydrogen-bond acceptors (Lipinski definition) is 2. The molecule has 1 aromatic rings. The largest absolute Gasteiger partial charge is 0.292 e. The molecule has 0 aliphatic rings. The molecule has 1 unspecified atom stereocenters. The van der Waals surface area contributed by atoms with Crippen molar-refractivity contribution < 1.29 is 4.79 Å². The van der Waals surface area contributed by atoms with Crippen LogP contribution >= 0.6 is 8.19 Å². The third-order valence-corrected chi connectivity index (χ3v) is 2.13. The molecule has 0 bridgehead atoms. The summed E-state index contributed by atoms with van der Waals surface area (Å²) in [6.45, 7) is 0. The molecule has 1 atom stereocenters. The quantitative estimate of drug-likeness (QED) is 0.619. The van der Waals surface area contributed by atoms with Crippen LogP contribution in [0.2, 0.25) is 0 Å². The van der Waals surface area contributed by atoms with E-state index in [1.165, 1.54) is 0 Å². The highest BCUT2D eigenvalue weighted by Gasteiger charge is 1.99. The van der Waals surface area contributed by atoms with E-state index >= 15 is 0 Å². The molecule has 1 heterocycles. The molecule has 0 N–H and O–H groups in total. The van der Waals surface area contributed by atoms with Gasteiger partial charge in [0.05, 0.1) is 5.30 Å². The zero-order chi connectivity index (χ0) is 6.69. The second-order valence-electron chi connectivity index (χ2n) is 1.48. The first-order valence-electron chi connectivity index (χ1n) is 2.35. The van der Waals surface area contributed by atoms with Crippen LogP contribution in [0.25, 0.3) is 0 Å². The molecule has 1 aromatic heterocycles. The average Bonchev–Trinajstić information content (AvgIpc) is 2.37. The van der Waals surface area contributed by atoms with Gasteiger partial charge in [0.2, 0.25) is 0 Å². The standard InChI is InChI=1S/C5H4NOPS/c7-5(6-9)4-2-1-3-8-4/h1-3,8H. The lowest BCUT2D eigenvalue weighted by molar-refractivity contribution is 0.101. The third-order valence-electron chi connectivity index (χ3n) is 0.911. The Labute approximate surface area is 59.5 Å². The lowest BCUT2D eigenvalue weighted by Crippen LogP contribution is -1.85. The monoisotopic (exact) mass is 157 g/mol. The molecule has 0 fully saturated rings. The fourth-order valence-electron chi connectivity index (χ4n) is 0.513. The van der Waals surface area contributed by atoms with Crippen LogP contribution < -0.4 is 0 Å². The first-order chi connectivity index (χ1) is 4.34. The zero-order valence-electron chi connectivity index (χ0n) is 4.50. The number of hydrogen-bond donors (Lipinski definition) is 0. The number of rotatable bonds is 1. The van der Waals surface area contributed by atoms with Crippen molar-refractivity contribution in [1.82, 2.24) is 0 Å². The van der Waals surface area contributed by atoms with E-state index in [-0.39, 0.29) is 5.91 Å². The second kappa shape index (κ2) is 2.85. The smallest absolute Gasteiger partial charge is 0.265 e. The van der Waals surface area contributed by atoms with Gasteiger partial charge in [-0.2, -0.15) is 0 Å². The van der Waals surface area contributed by atoms with Gasteiger partial charge < -0.3 is 0 Å². The summed E-state index contributed by atoms with van der Waals surface area (Å²) >= 11 is 4.22. The van der Waals surface area contributed by atoms with Gasteiger partial charge in [0.1, 0.15) is 0 Å². The molecule has 0 saturated carbocycles. The SMILES string of the molecule is O=C(N=S)c1ccc[pH]1. The predicted molar refractivity (Wildman–Crippen MR) is 40.1 cm³/mol. The van der Waals surface area contributed by atoms with E-state index in [4.69, 9.17) is 0 Å². The second-order valence-corrected chi connectivity index (χ2v) is 2.82. The predicted octanol–water partition coefficient (Wildman–Crippen LogP) is 1.59. The average molecular weight is 157 g/mol. The van der Waals surface area contributed by atoms with Crippen molar-refractivity contribution in [3.05, 3.63) is 23.2 Å². The van der Waals surface area contributed by atoms with Gasteiger partial charge in [-0.3, -0.25) is 4.79 Å². The van der Waals surface area contributed by atoms with Crippen LogP contribution in [0.15, 0.2) is 22.3 Å². The Kier molecular flexibility index (Phi) is 2.09. The van der Waals surface area contributed by atoms with E-state index in [0.717, 1.165) is 0 Å². The highest BCUT2D eigenvalue weighted by molar-refractivity contribution is 7.48. The number of amides is 1. The van der Waals surface area contributed by atoms with Crippen molar-refractivity contribution in [3.63, 3.8) is 0 Å². The number of carbonyl (C=O) groups is 1. The van der Waals surface area contributed by atoms with Crippen LogP contribution in [0, 0.1) is 0 Å². The maximum atomic E-state index is 10.6. The van der Waals surface area contributed by atoms with Crippen molar-refractivity contribution in [2.24, 2.45) is 4.36 Å². The topological polar surface area (TPSA) is 29.4 Å². The Balaban J connectivity index is 2.89. The Bertz CT molecular complexity index is 219. The van der Waals surface area contributed by atoms with Gasteiger partial charge in [0.25, 0.3) is 5.91 Å². The molecule has 0 aliphatic heterocycles. The Morgan fingerprint density at radius 1 is 1.78 bits per heavy atom. The summed E-state index contributed by atoms with van der Waals surface area (Å²) in [4.78, 5) is 10.6. The lowest BCUT2D eigenvalue weighted by Gasteiger charge is -1.80. The maximum absolute atomic E-state index is 10.6. The van der Waals surface area contributed by atoms with Crippen molar-refractivity contribution in [2.45, 2.75) is 0 Å². The van der Waals surface area contributed by atoms with Crippen molar-refractivity contribution in [2.75, 3.05) is 0 Å². The van der Waals surface area contributed by atoms with Crippen LogP contribution in [0.1, 0.15) is 10.1 Å². The van der Waals surface area contributed by atoms with Gasteiger partial charge >= 0.3 is 0 Å². The highest BCUT2D eigenvalue weighted by Crippen LogP contribution is 2.14. The number of carbonyl (C=O) groups excluding carboxylic acids is 1. The maximum Gasteiger partial charge on any atom is 0.292 e. The van der Waals surface area contributed by atoms with E-state index in [9.17, 15) is 4.79 Å². The summed E-state index contributed by atoms with van der Waals surface area (Å²) in [6, 6.07) is 3.59. The van der Waals surface area contributed by atoms with Gasteiger partial charge in [-0.25, -0.2) is 0 Å². The number of nitrogens with zero attached hydrogens (tertiary/aromatic N) is 1.